The van der Waals surface area contributed by atoms with Gasteiger partial charge in [-0.3, -0.25) is 14.7 Å². The first-order valence-corrected chi connectivity index (χ1v) is 6.92. The number of ether oxygens (including phenoxy) is 2. The molecule has 0 saturated carbocycles. The monoisotopic (exact) mass is 290 g/mol. The molecule has 0 aromatic carbocycles. The second kappa shape index (κ2) is 4.44. The molecule has 1 amide bonds. The molecule has 2 aliphatic heterocycles. The van der Waals surface area contributed by atoms with Crippen molar-refractivity contribution in [1.82, 2.24) is 9.88 Å². The van der Waals surface area contributed by atoms with Crippen LogP contribution in [0.1, 0.15) is 37.6 Å². The minimum absolute atomic E-state index is 0.0301. The smallest absolute Gasteiger partial charge is 0.410 e. The summed E-state index contributed by atoms with van der Waals surface area (Å²) in [6.45, 7) is 6.19. The fraction of sp³-hybridized carbons (Fsp3) is 0.533. The fourth-order valence-corrected chi connectivity index (χ4v) is 2.63. The number of fused-ring (bicyclic) bond motifs is 1. The maximum Gasteiger partial charge on any atom is 0.410 e. The number of Topliss-reactive ketones (excluding diaryl/α,β-unsaturated/α-hetero) is 1. The van der Waals surface area contributed by atoms with Crippen molar-refractivity contribution in [2.45, 2.75) is 38.4 Å². The Kier molecular flexibility index (Phi) is 2.93. The molecule has 6 nitrogen and oxygen atoms in total. The van der Waals surface area contributed by atoms with E-state index in [-0.39, 0.29) is 18.3 Å². The highest BCUT2D eigenvalue weighted by Crippen LogP contribution is 2.38. The molecule has 6 heteroatoms. The summed E-state index contributed by atoms with van der Waals surface area (Å²) in [5.74, 6) is 0.528. The number of nitrogens with zero attached hydrogens (tertiary/aromatic N) is 2. The molecule has 1 saturated heterocycles. The molecule has 0 unspecified atom stereocenters. The normalized spacial score (nSPS) is 19.6. The van der Waals surface area contributed by atoms with Gasteiger partial charge in [0.05, 0.1) is 31.3 Å². The number of amides is 1. The summed E-state index contributed by atoms with van der Waals surface area (Å²) in [6.07, 6.45) is 3.03. The summed E-state index contributed by atoms with van der Waals surface area (Å²) in [5.41, 5.74) is -0.588. The number of hydrogen-bond acceptors (Lipinski definition) is 5. The van der Waals surface area contributed by atoms with Crippen LogP contribution >= 0.6 is 0 Å². The van der Waals surface area contributed by atoms with E-state index in [2.05, 4.69) is 4.98 Å². The molecular formula is C15H18N2O4. The van der Waals surface area contributed by atoms with Gasteiger partial charge in [-0.15, -0.1) is 0 Å². The van der Waals surface area contributed by atoms with Gasteiger partial charge in [-0.25, -0.2) is 4.79 Å². The van der Waals surface area contributed by atoms with Gasteiger partial charge in [0.1, 0.15) is 11.4 Å². The van der Waals surface area contributed by atoms with E-state index in [1.807, 2.05) is 20.8 Å². The van der Waals surface area contributed by atoms with Crippen molar-refractivity contribution in [1.29, 1.82) is 0 Å². The van der Waals surface area contributed by atoms with Gasteiger partial charge in [-0.05, 0) is 26.8 Å². The van der Waals surface area contributed by atoms with Gasteiger partial charge in [-0.2, -0.15) is 0 Å². The van der Waals surface area contributed by atoms with Crippen molar-refractivity contribution in [3.63, 3.8) is 0 Å². The molecule has 1 aromatic rings. The van der Waals surface area contributed by atoms with E-state index in [1.165, 1.54) is 0 Å². The van der Waals surface area contributed by atoms with E-state index < -0.39 is 11.2 Å². The molecule has 21 heavy (non-hydrogen) atoms. The van der Waals surface area contributed by atoms with Gasteiger partial charge in [0.15, 0.2) is 11.4 Å². The Morgan fingerprint density at radius 3 is 2.81 bits per heavy atom. The van der Waals surface area contributed by atoms with Gasteiger partial charge in [0, 0.05) is 6.20 Å². The quantitative estimate of drug-likeness (QED) is 0.731. The zero-order valence-electron chi connectivity index (χ0n) is 12.4. The van der Waals surface area contributed by atoms with Crippen molar-refractivity contribution in [2.75, 3.05) is 13.1 Å². The zero-order valence-corrected chi connectivity index (χ0v) is 12.4. The molecule has 0 bridgehead atoms. The van der Waals surface area contributed by atoms with Crippen LogP contribution in [0.15, 0.2) is 18.5 Å². The molecule has 0 radical (unpaired) electrons. The molecule has 1 fully saturated rings. The van der Waals surface area contributed by atoms with Gasteiger partial charge < -0.3 is 9.47 Å². The van der Waals surface area contributed by atoms with Crippen LogP contribution in [0.4, 0.5) is 4.79 Å². The van der Waals surface area contributed by atoms with Gasteiger partial charge >= 0.3 is 6.09 Å². The van der Waals surface area contributed by atoms with Crippen LogP contribution in [0.3, 0.4) is 0 Å². The number of pyridine rings is 1. The summed E-state index contributed by atoms with van der Waals surface area (Å²) in [7, 11) is 0. The highest BCUT2D eigenvalue weighted by atomic mass is 16.6. The Morgan fingerprint density at radius 1 is 1.43 bits per heavy atom. The lowest BCUT2D eigenvalue weighted by atomic mass is 9.84. The third-order valence-electron chi connectivity index (χ3n) is 3.50. The lowest BCUT2D eigenvalue weighted by Crippen LogP contribution is -2.68. The number of carbonyl (C=O) groups excluding carboxylic acids is 2. The lowest BCUT2D eigenvalue weighted by Gasteiger charge is -2.50. The molecule has 1 spiro atoms. The minimum Gasteiger partial charge on any atom is -0.481 e. The second-order valence-electron chi connectivity index (χ2n) is 6.59. The van der Waals surface area contributed by atoms with Crippen molar-refractivity contribution in [2.24, 2.45) is 0 Å². The van der Waals surface area contributed by atoms with Crippen LogP contribution in [0.5, 0.6) is 5.75 Å². The second-order valence-corrected chi connectivity index (χ2v) is 6.59. The van der Waals surface area contributed by atoms with E-state index in [4.69, 9.17) is 9.47 Å². The summed E-state index contributed by atoms with van der Waals surface area (Å²) in [5, 5.41) is 0. The number of likely N-dealkylation sites (tertiary alicyclic amines) is 1. The zero-order chi connectivity index (χ0) is 15.3. The Labute approximate surface area is 123 Å². The van der Waals surface area contributed by atoms with Gasteiger partial charge in [0.2, 0.25) is 0 Å². The molecule has 1 aromatic heterocycles. The standard InChI is InChI=1S/C15H18N2O4/c1-14(2,3)21-13(19)17-8-15(9-17)6-11(18)10-4-5-16-7-12(10)20-15/h4-5,7H,6,8-9H2,1-3H3. The summed E-state index contributed by atoms with van der Waals surface area (Å²) in [4.78, 5) is 29.6. The summed E-state index contributed by atoms with van der Waals surface area (Å²) < 4.78 is 11.2. The Bertz CT molecular complexity index is 600. The molecule has 3 rings (SSSR count). The van der Waals surface area contributed by atoms with E-state index in [9.17, 15) is 9.59 Å². The molecule has 0 aliphatic carbocycles. The van der Waals surface area contributed by atoms with Crippen molar-refractivity contribution < 1.29 is 19.1 Å². The Balaban J connectivity index is 1.69. The maximum absolute atomic E-state index is 12.2. The van der Waals surface area contributed by atoms with Gasteiger partial charge in [-0.1, -0.05) is 0 Å². The minimum atomic E-state index is -0.621. The first kappa shape index (κ1) is 13.9. The summed E-state index contributed by atoms with van der Waals surface area (Å²) in [6, 6.07) is 1.66. The van der Waals surface area contributed by atoms with Crippen LogP contribution in [0.2, 0.25) is 0 Å². The Morgan fingerprint density at radius 2 is 2.14 bits per heavy atom. The van der Waals surface area contributed by atoms with Crippen LogP contribution < -0.4 is 4.74 Å². The molecule has 0 N–H and O–H groups in total. The molecular weight excluding hydrogens is 272 g/mol. The summed E-state index contributed by atoms with van der Waals surface area (Å²) >= 11 is 0. The fourth-order valence-electron chi connectivity index (χ4n) is 2.63. The molecule has 3 heterocycles. The van der Waals surface area contributed by atoms with Crippen LogP contribution in [-0.2, 0) is 4.74 Å². The van der Waals surface area contributed by atoms with Crippen molar-refractivity contribution in [3.05, 3.63) is 24.0 Å². The first-order chi connectivity index (χ1) is 9.78. The number of carbonyl (C=O) groups is 2. The third kappa shape index (κ3) is 2.57. The number of hydrogen-bond donors (Lipinski definition) is 0. The van der Waals surface area contributed by atoms with E-state index in [0.717, 1.165) is 0 Å². The van der Waals surface area contributed by atoms with Crippen LogP contribution in [0, 0.1) is 0 Å². The SMILES string of the molecule is CC(C)(C)OC(=O)N1CC2(CC(=O)c3ccncc3O2)C1. The topological polar surface area (TPSA) is 68.7 Å². The number of rotatable bonds is 0. The number of ketones is 1. The predicted octanol–water partition coefficient (Wildman–Crippen LogP) is 2.04. The average Bonchev–Trinajstić information content (AvgIpc) is 2.33. The van der Waals surface area contributed by atoms with Crippen LogP contribution in [-0.4, -0.2) is 46.1 Å². The largest absolute Gasteiger partial charge is 0.481 e. The molecule has 2 aliphatic rings. The first-order valence-electron chi connectivity index (χ1n) is 6.92. The van der Waals surface area contributed by atoms with E-state index in [1.54, 1.807) is 23.4 Å². The molecule has 112 valence electrons. The average molecular weight is 290 g/mol. The predicted molar refractivity (Wildman–Crippen MR) is 74.4 cm³/mol. The van der Waals surface area contributed by atoms with E-state index in [0.29, 0.717) is 24.4 Å². The maximum atomic E-state index is 12.2. The van der Waals surface area contributed by atoms with E-state index >= 15 is 0 Å². The lowest BCUT2D eigenvalue weighted by molar-refractivity contribution is -0.0848. The Hall–Kier alpha value is -2.11. The van der Waals surface area contributed by atoms with Crippen molar-refractivity contribution >= 4 is 11.9 Å². The van der Waals surface area contributed by atoms with Crippen LogP contribution in [0.25, 0.3) is 0 Å². The van der Waals surface area contributed by atoms with Gasteiger partial charge in [0.25, 0.3) is 0 Å². The highest BCUT2D eigenvalue weighted by Gasteiger charge is 2.52. The highest BCUT2D eigenvalue weighted by molar-refractivity contribution is 6.00. The number of aromatic nitrogens is 1. The third-order valence-corrected chi connectivity index (χ3v) is 3.50. The molecule has 0 atom stereocenters. The van der Waals surface area contributed by atoms with Crippen molar-refractivity contribution in [3.8, 4) is 5.75 Å².